The van der Waals surface area contributed by atoms with Crippen LogP contribution in [0.1, 0.15) is 31.1 Å². The number of nitrogens with zero attached hydrogens (tertiary/aromatic N) is 1. The van der Waals surface area contributed by atoms with E-state index in [-0.39, 0.29) is 0 Å². The molecule has 112 valence electrons. The van der Waals surface area contributed by atoms with Crippen LogP contribution in [0, 0.1) is 0 Å². The third-order valence-electron chi connectivity index (χ3n) is 3.85. The van der Waals surface area contributed by atoms with E-state index in [0.29, 0.717) is 6.04 Å². The monoisotopic (exact) mass is 304 g/mol. The molecule has 3 rings (SSSR count). The highest BCUT2D eigenvalue weighted by molar-refractivity contribution is 6.30. The maximum atomic E-state index is 6.17. The fourth-order valence-electron chi connectivity index (χ4n) is 2.50. The minimum absolute atomic E-state index is 0.692. The van der Waals surface area contributed by atoms with Gasteiger partial charge in [-0.25, -0.2) is 0 Å². The highest BCUT2D eigenvalue weighted by Gasteiger charge is 2.21. The smallest absolute Gasteiger partial charge is 0.123 e. The van der Waals surface area contributed by atoms with Crippen molar-refractivity contribution >= 4 is 17.3 Å². The van der Waals surface area contributed by atoms with Crippen molar-refractivity contribution in [1.29, 1.82) is 0 Å². The summed E-state index contributed by atoms with van der Waals surface area (Å²) >= 11 is 6.17. The Kier molecular flexibility index (Phi) is 4.51. The molecule has 0 unspecified atom stereocenters. The van der Waals surface area contributed by atoms with Crippen LogP contribution in [-0.2, 0) is 13.1 Å². The Labute approximate surface area is 130 Å². The van der Waals surface area contributed by atoms with E-state index in [1.165, 1.54) is 24.1 Å². The van der Waals surface area contributed by atoms with Gasteiger partial charge in [0, 0.05) is 29.8 Å². The first kappa shape index (κ1) is 14.5. The molecule has 0 radical (unpaired) electrons. The van der Waals surface area contributed by atoms with E-state index in [1.807, 2.05) is 18.2 Å². The average molecular weight is 305 g/mol. The second-order valence-electron chi connectivity index (χ2n) is 5.52. The molecule has 4 heteroatoms. The Hall–Kier alpha value is -1.45. The van der Waals surface area contributed by atoms with Crippen LogP contribution in [0.3, 0.4) is 0 Å². The molecular formula is C17H21ClN2O. The van der Waals surface area contributed by atoms with Crippen molar-refractivity contribution in [2.75, 3.05) is 11.4 Å². The first-order valence-corrected chi connectivity index (χ1v) is 7.93. The van der Waals surface area contributed by atoms with Crippen molar-refractivity contribution in [2.24, 2.45) is 0 Å². The van der Waals surface area contributed by atoms with Crippen molar-refractivity contribution < 1.29 is 4.42 Å². The molecule has 2 aromatic rings. The lowest BCUT2D eigenvalue weighted by molar-refractivity contribution is 0.503. The lowest BCUT2D eigenvalue weighted by Crippen LogP contribution is -2.25. The van der Waals surface area contributed by atoms with Gasteiger partial charge in [-0.05, 0) is 55.7 Å². The average Bonchev–Trinajstić information content (AvgIpc) is 3.18. The molecule has 1 aromatic heterocycles. The molecule has 21 heavy (non-hydrogen) atoms. The van der Waals surface area contributed by atoms with Crippen LogP contribution in [0.5, 0.6) is 0 Å². The second-order valence-corrected chi connectivity index (χ2v) is 5.96. The highest BCUT2D eigenvalue weighted by Crippen LogP contribution is 2.27. The summed E-state index contributed by atoms with van der Waals surface area (Å²) in [5.74, 6) is 0.980. The topological polar surface area (TPSA) is 28.4 Å². The van der Waals surface area contributed by atoms with E-state index < -0.39 is 0 Å². The van der Waals surface area contributed by atoms with Crippen LogP contribution in [0.25, 0.3) is 0 Å². The highest BCUT2D eigenvalue weighted by atomic mass is 35.5. The van der Waals surface area contributed by atoms with Crippen LogP contribution in [0.4, 0.5) is 5.69 Å². The Balaban J connectivity index is 1.79. The van der Waals surface area contributed by atoms with Gasteiger partial charge in [0.15, 0.2) is 0 Å². The molecule has 1 aliphatic carbocycles. The van der Waals surface area contributed by atoms with Gasteiger partial charge in [-0.2, -0.15) is 0 Å². The van der Waals surface area contributed by atoms with Crippen molar-refractivity contribution in [3.05, 3.63) is 52.9 Å². The van der Waals surface area contributed by atoms with Crippen molar-refractivity contribution in [1.82, 2.24) is 5.32 Å². The number of benzene rings is 1. The van der Waals surface area contributed by atoms with Gasteiger partial charge >= 0.3 is 0 Å². The van der Waals surface area contributed by atoms with Crippen molar-refractivity contribution in [3.8, 4) is 0 Å². The quantitative estimate of drug-likeness (QED) is 0.830. The zero-order chi connectivity index (χ0) is 14.7. The predicted molar refractivity (Wildman–Crippen MR) is 86.7 cm³/mol. The molecule has 1 heterocycles. The molecule has 1 saturated carbocycles. The van der Waals surface area contributed by atoms with Gasteiger partial charge in [-0.3, -0.25) is 0 Å². The molecule has 1 aliphatic rings. The van der Waals surface area contributed by atoms with Crippen LogP contribution in [0.15, 0.2) is 41.0 Å². The van der Waals surface area contributed by atoms with Gasteiger partial charge in [0.25, 0.3) is 0 Å². The molecule has 3 nitrogen and oxygen atoms in total. The zero-order valence-corrected chi connectivity index (χ0v) is 13.1. The molecule has 0 bridgehead atoms. The number of rotatable bonds is 7. The number of hydrogen-bond acceptors (Lipinski definition) is 3. The van der Waals surface area contributed by atoms with E-state index in [4.69, 9.17) is 16.0 Å². The van der Waals surface area contributed by atoms with Gasteiger partial charge in [-0.1, -0.05) is 11.6 Å². The maximum absolute atomic E-state index is 6.17. The minimum Gasteiger partial charge on any atom is -0.467 e. The number of nitrogens with one attached hydrogen (secondary N) is 1. The predicted octanol–water partition coefficient (Wildman–Crippen LogP) is 4.21. The molecule has 0 aliphatic heterocycles. The Morgan fingerprint density at radius 1 is 1.33 bits per heavy atom. The van der Waals surface area contributed by atoms with Gasteiger partial charge in [0.05, 0.1) is 12.8 Å². The fourth-order valence-corrected chi connectivity index (χ4v) is 2.70. The summed E-state index contributed by atoms with van der Waals surface area (Å²) in [5, 5.41) is 4.36. The molecular weight excluding hydrogens is 284 g/mol. The third-order valence-corrected chi connectivity index (χ3v) is 4.08. The number of furan rings is 1. The molecule has 0 saturated heterocycles. The first-order chi connectivity index (χ1) is 10.3. The van der Waals surface area contributed by atoms with Gasteiger partial charge in [-0.15, -0.1) is 0 Å². The lowest BCUT2D eigenvalue weighted by Gasteiger charge is -2.25. The second kappa shape index (κ2) is 6.54. The van der Waals surface area contributed by atoms with Crippen molar-refractivity contribution in [3.63, 3.8) is 0 Å². The number of halogens is 1. The van der Waals surface area contributed by atoms with Crippen LogP contribution in [0.2, 0.25) is 5.02 Å². The Bertz CT molecular complexity index is 578. The molecule has 0 amide bonds. The molecule has 1 N–H and O–H groups in total. The van der Waals surface area contributed by atoms with E-state index in [0.717, 1.165) is 30.4 Å². The summed E-state index contributed by atoms with van der Waals surface area (Å²) < 4.78 is 5.48. The first-order valence-electron chi connectivity index (χ1n) is 7.55. The SMILES string of the molecule is CCN(Cc1ccco1)c1ccc(Cl)cc1CNC1CC1. The van der Waals surface area contributed by atoms with E-state index in [9.17, 15) is 0 Å². The molecule has 0 spiro atoms. The van der Waals surface area contributed by atoms with E-state index in [2.05, 4.69) is 29.3 Å². The van der Waals surface area contributed by atoms with Crippen LogP contribution < -0.4 is 10.2 Å². The van der Waals surface area contributed by atoms with Gasteiger partial charge in [0.2, 0.25) is 0 Å². The summed E-state index contributed by atoms with van der Waals surface area (Å²) in [6.07, 6.45) is 4.31. The molecule has 1 fully saturated rings. The third kappa shape index (κ3) is 3.80. The molecule has 1 aromatic carbocycles. The summed E-state index contributed by atoms with van der Waals surface area (Å²) in [6.45, 7) is 4.74. The Morgan fingerprint density at radius 3 is 2.86 bits per heavy atom. The van der Waals surface area contributed by atoms with Gasteiger partial charge in [0.1, 0.15) is 5.76 Å². The minimum atomic E-state index is 0.692. The largest absolute Gasteiger partial charge is 0.467 e. The summed E-state index contributed by atoms with van der Waals surface area (Å²) in [4.78, 5) is 2.32. The standard InChI is InChI=1S/C17H21ClN2O/c1-2-20(12-16-4-3-9-21-16)17-8-5-14(18)10-13(17)11-19-15-6-7-15/h3-5,8-10,15,19H,2,6-7,11-12H2,1H3. The molecule has 0 atom stereocenters. The van der Waals surface area contributed by atoms with Crippen LogP contribution >= 0.6 is 11.6 Å². The van der Waals surface area contributed by atoms with E-state index in [1.54, 1.807) is 6.26 Å². The fraction of sp³-hybridized carbons (Fsp3) is 0.412. The normalized spacial score (nSPS) is 14.4. The number of anilines is 1. The van der Waals surface area contributed by atoms with Gasteiger partial charge < -0.3 is 14.6 Å². The van der Waals surface area contributed by atoms with Crippen LogP contribution in [-0.4, -0.2) is 12.6 Å². The van der Waals surface area contributed by atoms with E-state index >= 15 is 0 Å². The Morgan fingerprint density at radius 2 is 2.19 bits per heavy atom. The summed E-state index contributed by atoms with van der Waals surface area (Å²) in [7, 11) is 0. The van der Waals surface area contributed by atoms with Crippen molar-refractivity contribution in [2.45, 2.75) is 38.9 Å². The zero-order valence-electron chi connectivity index (χ0n) is 12.3. The summed E-state index contributed by atoms with van der Waals surface area (Å²) in [6, 6.07) is 10.8. The summed E-state index contributed by atoms with van der Waals surface area (Å²) in [5.41, 5.74) is 2.48. The lowest BCUT2D eigenvalue weighted by atomic mass is 10.1. The maximum Gasteiger partial charge on any atom is 0.123 e. The number of hydrogen-bond donors (Lipinski definition) is 1.